The van der Waals surface area contributed by atoms with Crippen molar-refractivity contribution in [2.24, 2.45) is 0 Å². The number of carbonyl (C=O) groups excluding carboxylic acids is 2. The van der Waals surface area contributed by atoms with Crippen LogP contribution < -0.4 is 10.6 Å². The van der Waals surface area contributed by atoms with Crippen LogP contribution >= 0.6 is 0 Å². The summed E-state index contributed by atoms with van der Waals surface area (Å²) in [6.07, 6.45) is 0.229. The minimum Gasteiger partial charge on any atom is -0.445 e. The van der Waals surface area contributed by atoms with E-state index in [-0.39, 0.29) is 18.6 Å². The molecule has 1 aliphatic rings. The first-order valence-electron chi connectivity index (χ1n) is 5.98. The molecule has 2 atom stereocenters. The van der Waals surface area contributed by atoms with Gasteiger partial charge in [-0.05, 0) is 12.0 Å². The lowest BCUT2D eigenvalue weighted by Gasteiger charge is -2.36. The van der Waals surface area contributed by atoms with Crippen molar-refractivity contribution >= 4 is 12.0 Å². The zero-order chi connectivity index (χ0) is 13.0. The van der Waals surface area contributed by atoms with Crippen molar-refractivity contribution in [3.63, 3.8) is 0 Å². The summed E-state index contributed by atoms with van der Waals surface area (Å²) in [7, 11) is 0. The summed E-state index contributed by atoms with van der Waals surface area (Å²) in [5.74, 6) is -0.154. The summed E-state index contributed by atoms with van der Waals surface area (Å²) in [5.41, 5.74) is 0.915. The Hall–Kier alpha value is -2.04. The fourth-order valence-corrected chi connectivity index (χ4v) is 1.84. The van der Waals surface area contributed by atoms with Crippen LogP contribution in [0.2, 0.25) is 0 Å². The van der Waals surface area contributed by atoms with Gasteiger partial charge in [0, 0.05) is 0 Å². The van der Waals surface area contributed by atoms with Gasteiger partial charge in [-0.2, -0.15) is 0 Å². The summed E-state index contributed by atoms with van der Waals surface area (Å²) in [5, 5.41) is 5.28. The molecule has 5 nitrogen and oxygen atoms in total. The lowest BCUT2D eigenvalue weighted by Crippen LogP contribution is -2.68. The first kappa shape index (κ1) is 12.4. The van der Waals surface area contributed by atoms with Crippen LogP contribution in [0.3, 0.4) is 0 Å². The van der Waals surface area contributed by atoms with Gasteiger partial charge in [0.25, 0.3) is 0 Å². The second kappa shape index (κ2) is 5.53. The van der Waals surface area contributed by atoms with Crippen LogP contribution in [0.4, 0.5) is 4.79 Å². The monoisotopic (exact) mass is 248 g/mol. The van der Waals surface area contributed by atoms with Crippen molar-refractivity contribution in [1.29, 1.82) is 0 Å². The average molecular weight is 248 g/mol. The number of alkyl carbamates (subject to hydrolysis) is 1. The van der Waals surface area contributed by atoms with E-state index in [2.05, 4.69) is 10.6 Å². The molecule has 1 saturated heterocycles. The number of carbonyl (C=O) groups is 2. The molecule has 2 amide bonds. The number of amides is 2. The molecule has 0 saturated carbocycles. The molecule has 0 aliphatic carbocycles. The van der Waals surface area contributed by atoms with Gasteiger partial charge in [-0.3, -0.25) is 4.79 Å². The topological polar surface area (TPSA) is 67.4 Å². The van der Waals surface area contributed by atoms with Crippen LogP contribution in [0.15, 0.2) is 30.3 Å². The van der Waals surface area contributed by atoms with E-state index in [1.165, 1.54) is 0 Å². The molecule has 1 aromatic carbocycles. The molecule has 1 aromatic rings. The highest BCUT2D eigenvalue weighted by atomic mass is 16.5. The van der Waals surface area contributed by atoms with Gasteiger partial charge in [0.2, 0.25) is 5.91 Å². The number of rotatable bonds is 4. The molecule has 18 heavy (non-hydrogen) atoms. The average Bonchev–Trinajstić information content (AvgIpc) is 2.41. The van der Waals surface area contributed by atoms with E-state index in [0.717, 1.165) is 12.0 Å². The summed E-state index contributed by atoms with van der Waals surface area (Å²) in [6.45, 7) is 2.16. The summed E-state index contributed by atoms with van der Waals surface area (Å²) >= 11 is 0. The second-order valence-corrected chi connectivity index (χ2v) is 4.21. The maximum Gasteiger partial charge on any atom is 0.408 e. The van der Waals surface area contributed by atoms with Crippen molar-refractivity contribution in [1.82, 2.24) is 10.6 Å². The normalized spacial score (nSPS) is 21.7. The Morgan fingerprint density at radius 2 is 2.11 bits per heavy atom. The fraction of sp³-hybridized carbons (Fsp3) is 0.385. The summed E-state index contributed by atoms with van der Waals surface area (Å²) in [6, 6.07) is 8.96. The molecule has 2 N–H and O–H groups in total. The van der Waals surface area contributed by atoms with Gasteiger partial charge in [0.15, 0.2) is 0 Å². The highest BCUT2D eigenvalue weighted by Gasteiger charge is 2.39. The third kappa shape index (κ3) is 2.80. The molecule has 1 fully saturated rings. The Morgan fingerprint density at radius 3 is 2.72 bits per heavy atom. The number of hydrogen-bond donors (Lipinski definition) is 2. The molecule has 0 aromatic heterocycles. The molecule has 1 heterocycles. The quantitative estimate of drug-likeness (QED) is 0.786. The maximum atomic E-state index is 11.5. The van der Waals surface area contributed by atoms with Crippen molar-refractivity contribution in [2.45, 2.75) is 32.0 Å². The van der Waals surface area contributed by atoms with Crippen molar-refractivity contribution in [2.75, 3.05) is 0 Å². The third-order valence-electron chi connectivity index (χ3n) is 2.94. The Morgan fingerprint density at radius 1 is 1.39 bits per heavy atom. The van der Waals surface area contributed by atoms with E-state index in [9.17, 15) is 9.59 Å². The molecular formula is C13H16N2O3. The SMILES string of the molecule is CC[C@H]1NC(=O)[C@H]1NC(=O)OCc1ccccc1. The molecule has 0 spiro atoms. The maximum absolute atomic E-state index is 11.5. The Labute approximate surface area is 106 Å². The largest absolute Gasteiger partial charge is 0.445 e. The molecule has 5 heteroatoms. The number of benzene rings is 1. The van der Waals surface area contributed by atoms with Crippen LogP contribution in [0.25, 0.3) is 0 Å². The van der Waals surface area contributed by atoms with Gasteiger partial charge >= 0.3 is 6.09 Å². The number of nitrogens with one attached hydrogen (secondary N) is 2. The first-order chi connectivity index (χ1) is 8.70. The van der Waals surface area contributed by atoms with Crippen LogP contribution in [0.5, 0.6) is 0 Å². The van der Waals surface area contributed by atoms with E-state index in [1.54, 1.807) is 0 Å². The zero-order valence-corrected chi connectivity index (χ0v) is 10.2. The zero-order valence-electron chi connectivity index (χ0n) is 10.2. The molecule has 0 unspecified atom stereocenters. The van der Waals surface area contributed by atoms with Crippen LogP contribution in [0, 0.1) is 0 Å². The fourth-order valence-electron chi connectivity index (χ4n) is 1.84. The van der Waals surface area contributed by atoms with Crippen LogP contribution in [-0.2, 0) is 16.1 Å². The minimum absolute atomic E-state index is 0.0155. The van der Waals surface area contributed by atoms with E-state index in [4.69, 9.17) is 4.74 Å². The smallest absolute Gasteiger partial charge is 0.408 e. The third-order valence-corrected chi connectivity index (χ3v) is 2.94. The summed E-state index contributed by atoms with van der Waals surface area (Å²) in [4.78, 5) is 22.7. The van der Waals surface area contributed by atoms with Gasteiger partial charge in [-0.25, -0.2) is 4.79 Å². The highest BCUT2D eigenvalue weighted by molar-refractivity contribution is 5.92. The Bertz CT molecular complexity index is 433. The molecule has 1 aliphatic heterocycles. The number of ether oxygens (including phenoxy) is 1. The number of hydrogen-bond acceptors (Lipinski definition) is 3. The van der Waals surface area contributed by atoms with Gasteiger partial charge in [0.05, 0.1) is 6.04 Å². The van der Waals surface area contributed by atoms with E-state index in [1.807, 2.05) is 37.3 Å². The summed E-state index contributed by atoms with van der Waals surface area (Å²) < 4.78 is 5.05. The number of β-lactam (4-membered cyclic amide) rings is 1. The predicted octanol–water partition coefficient (Wildman–Crippen LogP) is 1.19. The Balaban J connectivity index is 1.77. The lowest BCUT2D eigenvalue weighted by atomic mass is 9.97. The van der Waals surface area contributed by atoms with Gasteiger partial charge in [0.1, 0.15) is 12.6 Å². The highest BCUT2D eigenvalue weighted by Crippen LogP contribution is 2.10. The standard InChI is InChI=1S/C13H16N2O3/c1-2-10-11(12(16)14-10)15-13(17)18-8-9-6-4-3-5-7-9/h3-7,10-11H,2,8H2,1H3,(H,14,16)(H,15,17)/t10-,11+/m1/s1. The van der Waals surface area contributed by atoms with Gasteiger partial charge in [-0.1, -0.05) is 37.3 Å². The second-order valence-electron chi connectivity index (χ2n) is 4.21. The lowest BCUT2D eigenvalue weighted by molar-refractivity contribution is -0.131. The molecule has 0 bridgehead atoms. The van der Waals surface area contributed by atoms with Gasteiger partial charge < -0.3 is 15.4 Å². The van der Waals surface area contributed by atoms with Crippen molar-refractivity contribution in [3.8, 4) is 0 Å². The van der Waals surface area contributed by atoms with E-state index in [0.29, 0.717) is 0 Å². The van der Waals surface area contributed by atoms with E-state index < -0.39 is 12.1 Å². The molecule has 96 valence electrons. The Kier molecular flexibility index (Phi) is 3.82. The van der Waals surface area contributed by atoms with Crippen molar-refractivity contribution < 1.29 is 14.3 Å². The minimum atomic E-state index is -0.558. The molecule has 2 rings (SSSR count). The van der Waals surface area contributed by atoms with Gasteiger partial charge in [-0.15, -0.1) is 0 Å². The van der Waals surface area contributed by atoms with Crippen molar-refractivity contribution in [3.05, 3.63) is 35.9 Å². The molecule has 0 radical (unpaired) electrons. The predicted molar refractivity (Wildman–Crippen MR) is 65.8 cm³/mol. The first-order valence-corrected chi connectivity index (χ1v) is 5.98. The van der Waals surface area contributed by atoms with Crippen LogP contribution in [-0.4, -0.2) is 24.1 Å². The van der Waals surface area contributed by atoms with Crippen LogP contribution in [0.1, 0.15) is 18.9 Å². The molecular weight excluding hydrogens is 232 g/mol. The van der Waals surface area contributed by atoms with E-state index >= 15 is 0 Å².